The maximum atomic E-state index is 0. The molecule has 0 nitrogen and oxygen atoms in total. The zero-order valence-corrected chi connectivity index (χ0v) is 9.30. The SMILES string of the molecule is [Al+3].[Cu+2].[In+3].[S-2].[S-2]. The van der Waals surface area contributed by atoms with Gasteiger partial charge in [0.25, 0.3) is 0 Å². The Balaban J connectivity index is 0. The molecule has 0 atom stereocenters. The number of rotatable bonds is 0. The molecular formula is AlCuInS2+4. The van der Waals surface area contributed by atoms with Gasteiger partial charge < -0.3 is 27.0 Å². The standard InChI is InChI=1S/Al.Cu.In.2S/q+3;+2;+3;2*-2. The summed E-state index contributed by atoms with van der Waals surface area (Å²) in [6.45, 7) is 0. The van der Waals surface area contributed by atoms with E-state index in [1.807, 2.05) is 0 Å². The Kier molecular flexibility index (Phi) is 296. The Morgan fingerprint density at radius 3 is 0.800 bits per heavy atom. The maximum absolute atomic E-state index is 0. The molecule has 0 unspecified atom stereocenters. The first-order valence-corrected chi connectivity index (χ1v) is 0. The zero-order chi connectivity index (χ0) is 0. The van der Waals surface area contributed by atoms with Crippen LogP contribution in [-0.2, 0) is 44.1 Å². The van der Waals surface area contributed by atoms with E-state index in [2.05, 4.69) is 0 Å². The van der Waals surface area contributed by atoms with Crippen LogP contribution in [0.3, 0.4) is 0 Å². The topological polar surface area (TPSA) is 0 Å². The van der Waals surface area contributed by atoms with E-state index in [0.717, 1.165) is 0 Å². The molecule has 0 aromatic carbocycles. The van der Waals surface area contributed by atoms with E-state index in [9.17, 15) is 0 Å². The van der Waals surface area contributed by atoms with E-state index in [-0.39, 0.29) is 87.3 Å². The van der Waals surface area contributed by atoms with Gasteiger partial charge in [0.05, 0.1) is 0 Å². The van der Waals surface area contributed by atoms with Crippen LogP contribution in [0.1, 0.15) is 0 Å². The molecule has 0 spiro atoms. The van der Waals surface area contributed by atoms with Crippen molar-refractivity contribution >= 4 is 70.2 Å². The first-order valence-electron chi connectivity index (χ1n) is 0. The van der Waals surface area contributed by atoms with Gasteiger partial charge in [-0.15, -0.1) is 0 Å². The number of hydrogen-bond acceptors (Lipinski definition) is 0. The third-order valence-electron chi connectivity index (χ3n) is 0. The van der Waals surface area contributed by atoms with Crippen LogP contribution < -0.4 is 0 Å². The van der Waals surface area contributed by atoms with E-state index in [1.165, 1.54) is 0 Å². The van der Waals surface area contributed by atoms with Crippen molar-refractivity contribution in [3.8, 4) is 0 Å². The third kappa shape index (κ3) is 20.6. The third-order valence-corrected chi connectivity index (χ3v) is 0. The molecule has 0 bridgehead atoms. The van der Waals surface area contributed by atoms with E-state index in [0.29, 0.717) is 0 Å². The van der Waals surface area contributed by atoms with Crippen molar-refractivity contribution in [1.82, 2.24) is 0 Å². The Hall–Kier alpha value is 2.62. The molecule has 0 amide bonds. The predicted octanol–water partition coefficient (Wildman–Crippen LogP) is -0.769. The van der Waals surface area contributed by atoms with E-state index in [1.54, 1.807) is 0 Å². The molecule has 25 valence electrons. The molecule has 0 N–H and O–H groups in total. The van der Waals surface area contributed by atoms with Crippen LogP contribution in [0.2, 0.25) is 0 Å². The minimum atomic E-state index is 0. The summed E-state index contributed by atoms with van der Waals surface area (Å²) in [7, 11) is 0. The molecule has 0 aliphatic heterocycles. The van der Waals surface area contributed by atoms with Gasteiger partial charge in [-0.2, -0.15) is 0 Å². The van der Waals surface area contributed by atoms with Crippen molar-refractivity contribution in [3.63, 3.8) is 0 Å². The molecular weight excluding hydrogens is 269 g/mol. The van der Waals surface area contributed by atoms with Gasteiger partial charge in [0.2, 0.25) is 0 Å². The molecule has 0 aliphatic rings. The smallest absolute Gasteiger partial charge is 2.00 e. The first-order chi connectivity index (χ1) is 0. The van der Waals surface area contributed by atoms with E-state index < -0.39 is 0 Å². The monoisotopic (exact) mass is 269 g/mol. The predicted molar refractivity (Wildman–Crippen MR) is 26.2 cm³/mol. The van der Waals surface area contributed by atoms with Crippen molar-refractivity contribution in [1.29, 1.82) is 0 Å². The van der Waals surface area contributed by atoms with Crippen LogP contribution in [0, 0.1) is 0 Å². The van der Waals surface area contributed by atoms with Crippen LogP contribution >= 0.6 is 0 Å². The average Bonchev–Trinajstić information content (AvgIpc) is 0. The second kappa shape index (κ2) is 30.4. The largest absolute Gasteiger partial charge is 3.00 e. The van der Waals surface area contributed by atoms with Crippen molar-refractivity contribution in [2.75, 3.05) is 0 Å². The Morgan fingerprint density at radius 1 is 0.800 bits per heavy atom. The molecule has 1 radical (unpaired) electrons. The van der Waals surface area contributed by atoms with Gasteiger partial charge in [0.15, 0.2) is 0 Å². The maximum Gasteiger partial charge on any atom is 3.00 e. The van der Waals surface area contributed by atoms with E-state index in [4.69, 9.17) is 0 Å². The van der Waals surface area contributed by atoms with Gasteiger partial charge in [0, 0.05) is 0 Å². The van der Waals surface area contributed by atoms with Crippen LogP contribution in [0.5, 0.6) is 0 Å². The van der Waals surface area contributed by atoms with Gasteiger partial charge >= 0.3 is 60.3 Å². The van der Waals surface area contributed by atoms with Gasteiger partial charge in [-0.3, -0.25) is 0 Å². The molecule has 0 aromatic rings. The molecule has 0 aliphatic carbocycles. The first kappa shape index (κ1) is 48.6. The second-order valence-corrected chi connectivity index (χ2v) is 0. The molecule has 5 heteroatoms. The fourth-order valence-electron chi connectivity index (χ4n) is 0. The van der Waals surface area contributed by atoms with E-state index >= 15 is 0 Å². The summed E-state index contributed by atoms with van der Waals surface area (Å²) in [5, 5.41) is 0. The van der Waals surface area contributed by atoms with Crippen molar-refractivity contribution in [3.05, 3.63) is 0 Å². The van der Waals surface area contributed by atoms with Crippen LogP contribution in [0.15, 0.2) is 0 Å². The zero-order valence-electron chi connectivity index (χ0n) is 2.27. The fourth-order valence-corrected chi connectivity index (χ4v) is 0. The minimum Gasteiger partial charge on any atom is -2.00 e. The van der Waals surface area contributed by atoms with Crippen molar-refractivity contribution in [2.45, 2.75) is 0 Å². The molecule has 0 saturated carbocycles. The minimum absolute atomic E-state index is 0. The normalized spacial score (nSPS) is 0. The van der Waals surface area contributed by atoms with Gasteiger partial charge in [0.1, 0.15) is 0 Å². The quantitative estimate of drug-likeness (QED) is 0.507. The fraction of sp³-hybridized carbons (Fsp3) is 0. The summed E-state index contributed by atoms with van der Waals surface area (Å²) in [6, 6.07) is 0. The molecule has 5 heavy (non-hydrogen) atoms. The average molecular weight is 269 g/mol. The molecule has 0 aromatic heterocycles. The van der Waals surface area contributed by atoms with Crippen molar-refractivity contribution < 1.29 is 17.1 Å². The van der Waals surface area contributed by atoms with Crippen molar-refractivity contribution in [2.24, 2.45) is 0 Å². The summed E-state index contributed by atoms with van der Waals surface area (Å²) in [4.78, 5) is 0. The molecule has 0 saturated heterocycles. The Bertz CT molecular complexity index is 9.61. The van der Waals surface area contributed by atoms with Crippen LogP contribution in [0.4, 0.5) is 0 Å². The van der Waals surface area contributed by atoms with Gasteiger partial charge in [-0.25, -0.2) is 0 Å². The Morgan fingerprint density at radius 2 is 0.800 bits per heavy atom. The summed E-state index contributed by atoms with van der Waals surface area (Å²) in [6.07, 6.45) is 0. The van der Waals surface area contributed by atoms with Crippen LogP contribution in [0.25, 0.3) is 0 Å². The summed E-state index contributed by atoms with van der Waals surface area (Å²) < 4.78 is 0. The van der Waals surface area contributed by atoms with Gasteiger partial charge in [-0.05, 0) is 0 Å². The van der Waals surface area contributed by atoms with Gasteiger partial charge in [-0.1, -0.05) is 0 Å². The molecule has 0 rings (SSSR count). The summed E-state index contributed by atoms with van der Waals surface area (Å²) in [5.41, 5.74) is 0. The Labute approximate surface area is 86.1 Å². The molecule has 0 heterocycles. The summed E-state index contributed by atoms with van der Waals surface area (Å²) >= 11 is 0. The summed E-state index contributed by atoms with van der Waals surface area (Å²) in [5.74, 6) is 0. The molecule has 0 fully saturated rings. The second-order valence-electron chi connectivity index (χ2n) is 0. The van der Waals surface area contributed by atoms with Crippen LogP contribution in [-0.4, -0.2) is 43.2 Å². The number of hydrogen-bond donors (Lipinski definition) is 0.